The predicted molar refractivity (Wildman–Crippen MR) is 26.7 cm³/mol. The first-order chi connectivity index (χ1) is 3.71. The van der Waals surface area contributed by atoms with Crippen LogP contribution in [0.1, 0.15) is 0 Å². The van der Waals surface area contributed by atoms with Gasteiger partial charge < -0.3 is 0 Å². The minimum atomic E-state index is -3.25. The van der Waals surface area contributed by atoms with Gasteiger partial charge in [0.2, 0.25) is 0 Å². The minimum Gasteiger partial charge on any atom is -0.268 e. The zero-order valence-corrected chi connectivity index (χ0v) is 5.02. The molecule has 47 valence electrons. The molecular formula is C3H6NO3S. The van der Waals surface area contributed by atoms with Crippen molar-refractivity contribution in [3.8, 4) is 0 Å². The van der Waals surface area contributed by atoms with Gasteiger partial charge in [-0.1, -0.05) is 0 Å². The first-order valence-corrected chi connectivity index (χ1v) is 3.79. The molecule has 0 aromatic heterocycles. The SMILES string of the molecule is O=S1(=O)C[N]CCO1. The molecule has 1 radical (unpaired) electrons. The smallest absolute Gasteiger partial charge is 0.268 e. The molecule has 1 heterocycles. The molecule has 0 N–H and O–H groups in total. The van der Waals surface area contributed by atoms with Gasteiger partial charge in [-0.2, -0.15) is 8.42 Å². The molecule has 0 aromatic rings. The molecule has 1 aliphatic heterocycles. The summed E-state index contributed by atoms with van der Waals surface area (Å²) in [5, 5.41) is 3.62. The van der Waals surface area contributed by atoms with Crippen molar-refractivity contribution >= 4 is 10.1 Å². The molecular weight excluding hydrogens is 130 g/mol. The van der Waals surface area contributed by atoms with Crippen molar-refractivity contribution in [1.29, 1.82) is 0 Å². The summed E-state index contributed by atoms with van der Waals surface area (Å²) < 4.78 is 25.0. The lowest BCUT2D eigenvalue weighted by atomic mass is 10.7. The molecule has 0 aliphatic carbocycles. The van der Waals surface area contributed by atoms with Crippen LogP contribution in [0.5, 0.6) is 0 Å². The molecule has 0 aromatic carbocycles. The predicted octanol–water partition coefficient (Wildman–Crippen LogP) is -1.09. The third kappa shape index (κ3) is 1.43. The Morgan fingerprint density at radius 3 is 2.50 bits per heavy atom. The molecule has 0 amide bonds. The fourth-order valence-electron chi connectivity index (χ4n) is 0.442. The molecule has 5 heteroatoms. The Morgan fingerprint density at radius 2 is 2.25 bits per heavy atom. The first kappa shape index (κ1) is 6.00. The average molecular weight is 136 g/mol. The lowest BCUT2D eigenvalue weighted by molar-refractivity contribution is 0.293. The van der Waals surface area contributed by atoms with Gasteiger partial charge in [-0.25, -0.2) is 5.32 Å². The Kier molecular flexibility index (Phi) is 1.50. The van der Waals surface area contributed by atoms with E-state index in [2.05, 4.69) is 9.50 Å². The quantitative estimate of drug-likeness (QED) is 0.397. The second-order valence-corrected chi connectivity index (χ2v) is 3.07. The van der Waals surface area contributed by atoms with E-state index in [1.54, 1.807) is 0 Å². The summed E-state index contributed by atoms with van der Waals surface area (Å²) in [7, 11) is -3.25. The summed E-state index contributed by atoms with van der Waals surface area (Å²) in [5.41, 5.74) is 0. The van der Waals surface area contributed by atoms with Crippen molar-refractivity contribution in [3.05, 3.63) is 0 Å². The molecule has 0 atom stereocenters. The summed E-state index contributed by atoms with van der Waals surface area (Å²) in [6.07, 6.45) is 0. The third-order valence-corrected chi connectivity index (χ3v) is 1.79. The van der Waals surface area contributed by atoms with Gasteiger partial charge in [0.1, 0.15) is 5.88 Å². The van der Waals surface area contributed by atoms with Crippen molar-refractivity contribution in [2.24, 2.45) is 0 Å². The molecule has 1 saturated heterocycles. The molecule has 1 aliphatic rings. The van der Waals surface area contributed by atoms with Gasteiger partial charge in [0.15, 0.2) is 0 Å². The van der Waals surface area contributed by atoms with Crippen LogP contribution in [0.15, 0.2) is 0 Å². The number of hydrogen-bond donors (Lipinski definition) is 0. The lowest BCUT2D eigenvalue weighted by Crippen LogP contribution is -2.29. The van der Waals surface area contributed by atoms with Gasteiger partial charge >= 0.3 is 0 Å². The van der Waals surface area contributed by atoms with E-state index in [9.17, 15) is 8.42 Å². The molecule has 0 spiro atoms. The molecule has 1 fully saturated rings. The maximum Gasteiger partial charge on any atom is 0.282 e. The van der Waals surface area contributed by atoms with Gasteiger partial charge in [-0.15, -0.1) is 0 Å². The zero-order chi connectivity index (χ0) is 6.04. The maximum atomic E-state index is 10.3. The first-order valence-electron chi connectivity index (χ1n) is 2.21. The van der Waals surface area contributed by atoms with E-state index in [1.165, 1.54) is 0 Å². The van der Waals surface area contributed by atoms with Crippen molar-refractivity contribution < 1.29 is 12.6 Å². The van der Waals surface area contributed by atoms with Crippen LogP contribution in [0.3, 0.4) is 0 Å². The van der Waals surface area contributed by atoms with E-state index >= 15 is 0 Å². The van der Waals surface area contributed by atoms with Crippen molar-refractivity contribution in [2.45, 2.75) is 0 Å². The highest BCUT2D eigenvalue weighted by Gasteiger charge is 2.15. The summed E-state index contributed by atoms with van der Waals surface area (Å²) in [5.74, 6) is -0.174. The molecule has 0 unspecified atom stereocenters. The molecule has 4 nitrogen and oxygen atoms in total. The summed E-state index contributed by atoms with van der Waals surface area (Å²) >= 11 is 0. The standard InChI is InChI=1S/C3H6NO3S/c5-8(6)3-4-1-2-7-8/h1-3H2. The number of hydrogen-bond acceptors (Lipinski definition) is 3. The second-order valence-electron chi connectivity index (χ2n) is 1.46. The van der Waals surface area contributed by atoms with Crippen LogP contribution >= 0.6 is 0 Å². The molecule has 0 saturated carbocycles. The van der Waals surface area contributed by atoms with Crippen LogP contribution in [0, 0.1) is 0 Å². The lowest BCUT2D eigenvalue weighted by Gasteiger charge is -2.09. The monoisotopic (exact) mass is 136 g/mol. The number of rotatable bonds is 0. The highest BCUT2D eigenvalue weighted by atomic mass is 32.2. The fraction of sp³-hybridized carbons (Fsp3) is 1.00. The Bertz CT molecular complexity index is 149. The van der Waals surface area contributed by atoms with Gasteiger partial charge in [-0.05, 0) is 0 Å². The van der Waals surface area contributed by atoms with Crippen molar-refractivity contribution in [1.82, 2.24) is 5.32 Å². The number of nitrogens with zero attached hydrogens (tertiary/aromatic N) is 1. The Morgan fingerprint density at radius 1 is 1.50 bits per heavy atom. The fourth-order valence-corrected chi connectivity index (χ4v) is 1.20. The zero-order valence-electron chi connectivity index (χ0n) is 4.20. The Balaban J connectivity index is 2.58. The van der Waals surface area contributed by atoms with Crippen LogP contribution in [0.2, 0.25) is 0 Å². The Labute approximate surface area is 48.0 Å². The van der Waals surface area contributed by atoms with Gasteiger partial charge in [0.05, 0.1) is 6.61 Å². The normalized spacial score (nSPS) is 27.5. The van der Waals surface area contributed by atoms with Crippen LogP contribution < -0.4 is 5.32 Å². The third-order valence-electron chi connectivity index (χ3n) is 0.762. The van der Waals surface area contributed by atoms with Gasteiger partial charge in [-0.3, -0.25) is 4.18 Å². The highest BCUT2D eigenvalue weighted by Crippen LogP contribution is 1.95. The van der Waals surface area contributed by atoms with E-state index in [0.717, 1.165) is 0 Å². The van der Waals surface area contributed by atoms with Crippen molar-refractivity contribution in [2.75, 3.05) is 19.0 Å². The van der Waals surface area contributed by atoms with E-state index < -0.39 is 10.1 Å². The Hall–Kier alpha value is -0.130. The molecule has 8 heavy (non-hydrogen) atoms. The summed E-state index contributed by atoms with van der Waals surface area (Å²) in [6.45, 7) is 0.710. The topological polar surface area (TPSA) is 57.5 Å². The van der Waals surface area contributed by atoms with Crippen LogP contribution in [0.25, 0.3) is 0 Å². The van der Waals surface area contributed by atoms with E-state index in [0.29, 0.717) is 6.54 Å². The summed E-state index contributed by atoms with van der Waals surface area (Å²) in [4.78, 5) is 0. The summed E-state index contributed by atoms with van der Waals surface area (Å²) in [6, 6.07) is 0. The van der Waals surface area contributed by atoms with Gasteiger partial charge in [0, 0.05) is 6.54 Å². The van der Waals surface area contributed by atoms with Crippen molar-refractivity contribution in [3.63, 3.8) is 0 Å². The van der Waals surface area contributed by atoms with E-state index in [4.69, 9.17) is 0 Å². The minimum absolute atomic E-state index is 0.174. The molecule has 0 bridgehead atoms. The molecule has 1 rings (SSSR count). The maximum absolute atomic E-state index is 10.3. The largest absolute Gasteiger partial charge is 0.282 e. The van der Waals surface area contributed by atoms with Gasteiger partial charge in [0.25, 0.3) is 10.1 Å². The van der Waals surface area contributed by atoms with E-state index in [-0.39, 0.29) is 12.5 Å². The van der Waals surface area contributed by atoms with Crippen LogP contribution in [-0.4, -0.2) is 27.4 Å². The van der Waals surface area contributed by atoms with Crippen LogP contribution in [-0.2, 0) is 14.3 Å². The van der Waals surface area contributed by atoms with Crippen LogP contribution in [0.4, 0.5) is 0 Å². The second kappa shape index (κ2) is 2.00. The average Bonchev–Trinajstić information content (AvgIpc) is 1.65. The highest BCUT2D eigenvalue weighted by molar-refractivity contribution is 7.86. The van der Waals surface area contributed by atoms with E-state index in [1.807, 2.05) is 0 Å².